The number of nitrogens with zero attached hydrogens (tertiary/aromatic N) is 5. The van der Waals surface area contributed by atoms with E-state index in [4.69, 9.17) is 31.8 Å². The number of nitrogens with one attached hydrogen (secondary N) is 2. The van der Waals surface area contributed by atoms with Crippen molar-refractivity contribution < 1.29 is 37.4 Å². The lowest BCUT2D eigenvalue weighted by molar-refractivity contribution is -0.137. The first-order chi connectivity index (χ1) is 33.8. The normalized spacial score (nSPS) is 21.7. The molecule has 0 radical (unpaired) electrons. The molecule has 2 aromatic heterocycles. The standard InChI is InChI=1S/C53H53ClF2N8O6/c1-29-44-42(26-38(55)47(54)46(44)45-37(49(57)66)16-18-41(69-3)48(45)56)70-53(29,34-7-5-4-6-8-34)28-59-35-13-9-31(10-14-35)51(67)63-22-19-30(20-23-63)39-17-12-33(27-58-39)32-11-15-36-40(25-32)62(2)61-50(36)64-24-21-43(65)60-52(64)68/h4-8,11-12,15-18,25-27,29-31,35,59H,9-10,13-14,19-24,28H2,1-3H3,(H2,57,66)(H,60,65,68). The highest BCUT2D eigenvalue weighted by molar-refractivity contribution is 6.34. The minimum absolute atomic E-state index is 0.0102. The van der Waals surface area contributed by atoms with Gasteiger partial charge in [0.05, 0.1) is 23.2 Å². The molecule has 1 saturated carbocycles. The van der Waals surface area contributed by atoms with Gasteiger partial charge in [0.15, 0.2) is 23.0 Å². The number of likely N-dealkylation sites (tertiary alicyclic amines) is 1. The van der Waals surface area contributed by atoms with E-state index in [1.807, 2.05) is 73.6 Å². The zero-order chi connectivity index (χ0) is 49.0. The molecule has 3 fully saturated rings. The summed E-state index contributed by atoms with van der Waals surface area (Å²) in [5, 5.41) is 11.2. The van der Waals surface area contributed by atoms with E-state index in [1.165, 1.54) is 30.2 Å². The molecule has 10 rings (SSSR count). The van der Waals surface area contributed by atoms with Gasteiger partial charge in [0, 0.05) is 109 Å². The van der Waals surface area contributed by atoms with Crippen molar-refractivity contribution in [3.05, 3.63) is 124 Å². The van der Waals surface area contributed by atoms with Gasteiger partial charge in [-0.3, -0.25) is 34.3 Å². The van der Waals surface area contributed by atoms with Crippen LogP contribution in [0.5, 0.6) is 11.5 Å². The Morgan fingerprint density at radius 1 is 0.943 bits per heavy atom. The third-order valence-corrected chi connectivity index (χ3v) is 15.3. The molecule has 5 heterocycles. The number of urea groups is 1. The summed E-state index contributed by atoms with van der Waals surface area (Å²) < 4.78 is 45.8. The van der Waals surface area contributed by atoms with Gasteiger partial charge in [-0.25, -0.2) is 13.6 Å². The van der Waals surface area contributed by atoms with Crippen molar-refractivity contribution in [3.63, 3.8) is 0 Å². The number of piperidine rings is 1. The van der Waals surface area contributed by atoms with Gasteiger partial charge in [0.1, 0.15) is 11.6 Å². The van der Waals surface area contributed by atoms with E-state index in [-0.39, 0.29) is 75.9 Å². The predicted octanol–water partition coefficient (Wildman–Crippen LogP) is 8.73. The number of ether oxygens (including phenoxy) is 2. The Morgan fingerprint density at radius 3 is 2.37 bits per heavy atom. The van der Waals surface area contributed by atoms with Crippen LogP contribution in [0.15, 0.2) is 85.1 Å². The average molecular weight is 972 g/mol. The van der Waals surface area contributed by atoms with Crippen molar-refractivity contribution in [1.82, 2.24) is 30.3 Å². The average Bonchev–Trinajstić information content (AvgIpc) is 3.85. The number of fused-ring (bicyclic) bond motifs is 2. The number of halogens is 3. The Bertz CT molecular complexity index is 3050. The number of hydrogen-bond acceptors (Lipinski definition) is 9. The fourth-order valence-electron chi connectivity index (χ4n) is 11.1. The molecule has 2 unspecified atom stereocenters. The molecule has 3 aliphatic heterocycles. The van der Waals surface area contributed by atoms with E-state index in [2.05, 4.69) is 27.9 Å². The van der Waals surface area contributed by atoms with Gasteiger partial charge in [-0.05, 0) is 80.0 Å². The molecule has 4 N–H and O–H groups in total. The first-order valence-corrected chi connectivity index (χ1v) is 24.1. The van der Waals surface area contributed by atoms with Crippen LogP contribution < -0.4 is 30.7 Å². The molecule has 6 aromatic rings. The largest absolute Gasteiger partial charge is 0.494 e. The van der Waals surface area contributed by atoms with Gasteiger partial charge >= 0.3 is 6.03 Å². The molecule has 4 aromatic carbocycles. The number of primary amides is 1. The summed E-state index contributed by atoms with van der Waals surface area (Å²) >= 11 is 6.70. The van der Waals surface area contributed by atoms with Crippen LogP contribution in [-0.4, -0.2) is 82.7 Å². The molecule has 0 spiro atoms. The predicted molar refractivity (Wildman–Crippen MR) is 261 cm³/mol. The molecule has 2 saturated heterocycles. The number of imide groups is 1. The number of amides is 5. The maximum absolute atomic E-state index is 16.2. The van der Waals surface area contributed by atoms with Gasteiger partial charge < -0.3 is 25.4 Å². The lowest BCUT2D eigenvalue weighted by atomic mass is 9.77. The van der Waals surface area contributed by atoms with E-state index >= 15 is 8.78 Å². The number of aryl methyl sites for hydroxylation is 1. The number of hydrogen-bond donors (Lipinski definition) is 3. The molecule has 1 aliphatic carbocycles. The van der Waals surface area contributed by atoms with Crippen molar-refractivity contribution in [2.45, 2.75) is 75.3 Å². The molecule has 5 amide bonds. The van der Waals surface area contributed by atoms with E-state index in [0.717, 1.165) is 71.8 Å². The van der Waals surface area contributed by atoms with E-state index in [9.17, 15) is 19.2 Å². The molecule has 70 heavy (non-hydrogen) atoms. The summed E-state index contributed by atoms with van der Waals surface area (Å²) in [6.45, 7) is 3.84. The van der Waals surface area contributed by atoms with Crippen LogP contribution in [0.4, 0.5) is 19.4 Å². The summed E-state index contributed by atoms with van der Waals surface area (Å²) in [6, 6.07) is 23.2. The Labute approximate surface area is 408 Å². The second-order valence-corrected chi connectivity index (χ2v) is 19.2. The summed E-state index contributed by atoms with van der Waals surface area (Å²) in [7, 11) is 3.13. The Hall–Kier alpha value is -6.91. The first kappa shape index (κ1) is 46.8. The zero-order valence-corrected chi connectivity index (χ0v) is 39.8. The number of aromatic nitrogens is 3. The number of carbonyl (C=O) groups excluding carboxylic acids is 4. The summed E-state index contributed by atoms with van der Waals surface area (Å²) in [5.74, 6) is -2.57. The van der Waals surface area contributed by atoms with Crippen molar-refractivity contribution in [3.8, 4) is 33.8 Å². The molecule has 14 nitrogen and oxygen atoms in total. The highest BCUT2D eigenvalue weighted by Crippen LogP contribution is 2.56. The smallest absolute Gasteiger partial charge is 0.329 e. The van der Waals surface area contributed by atoms with Crippen LogP contribution in [0.2, 0.25) is 5.02 Å². The summed E-state index contributed by atoms with van der Waals surface area (Å²) in [5.41, 5.74) is 9.26. The SMILES string of the molecule is COc1ccc(C(N)=O)c(-c2c(Cl)c(F)cc3c2C(C)C(CNC2CCC(C(=O)N4CCC(c5ccc(-c6ccc7c(N8CCC(=O)NC8=O)nn(C)c7c6)cn5)CC4)CC2)(c2ccccc2)O3)c1F. The monoisotopic (exact) mass is 970 g/mol. The van der Waals surface area contributed by atoms with Crippen LogP contribution in [0.25, 0.3) is 33.2 Å². The topological polar surface area (TPSA) is 174 Å². The lowest BCUT2D eigenvalue weighted by Crippen LogP contribution is -2.49. The van der Waals surface area contributed by atoms with E-state index in [0.29, 0.717) is 31.0 Å². The number of pyridine rings is 1. The van der Waals surface area contributed by atoms with Crippen molar-refractivity contribution >= 4 is 52.1 Å². The molecule has 2 atom stereocenters. The minimum atomic E-state index is -1.08. The first-order valence-electron chi connectivity index (χ1n) is 23.8. The second-order valence-electron chi connectivity index (χ2n) is 18.8. The fourth-order valence-corrected chi connectivity index (χ4v) is 11.3. The van der Waals surface area contributed by atoms with Crippen molar-refractivity contribution in [2.75, 3.05) is 38.2 Å². The van der Waals surface area contributed by atoms with Crippen LogP contribution in [0.1, 0.15) is 90.9 Å². The molecule has 362 valence electrons. The minimum Gasteiger partial charge on any atom is -0.494 e. The van der Waals surface area contributed by atoms with Gasteiger partial charge in [-0.1, -0.05) is 61.0 Å². The fraction of sp³-hybridized carbons (Fsp3) is 0.358. The third kappa shape index (κ3) is 8.29. The molecular formula is C53H53ClF2N8O6. The van der Waals surface area contributed by atoms with Gasteiger partial charge in [0.25, 0.3) is 0 Å². The number of carbonyl (C=O) groups is 4. The maximum Gasteiger partial charge on any atom is 0.329 e. The Kier molecular flexibility index (Phi) is 12.6. The van der Waals surface area contributed by atoms with Gasteiger partial charge in [-0.15, -0.1) is 0 Å². The van der Waals surface area contributed by atoms with Crippen LogP contribution in [0.3, 0.4) is 0 Å². The number of rotatable bonds is 11. The number of benzene rings is 4. The lowest BCUT2D eigenvalue weighted by Gasteiger charge is -2.38. The summed E-state index contributed by atoms with van der Waals surface area (Å²) in [6.07, 6.45) is 6.74. The maximum atomic E-state index is 16.2. The van der Waals surface area contributed by atoms with Crippen molar-refractivity contribution in [1.29, 1.82) is 0 Å². The molecule has 4 aliphatic rings. The number of methoxy groups -OCH3 is 1. The molecule has 17 heteroatoms. The van der Waals surface area contributed by atoms with Gasteiger partial charge in [0.2, 0.25) is 17.7 Å². The van der Waals surface area contributed by atoms with Crippen LogP contribution >= 0.6 is 11.6 Å². The van der Waals surface area contributed by atoms with Gasteiger partial charge in [-0.2, -0.15) is 5.10 Å². The zero-order valence-electron chi connectivity index (χ0n) is 39.1. The quantitative estimate of drug-likeness (QED) is 0.115. The second kappa shape index (κ2) is 18.8. The highest BCUT2D eigenvalue weighted by Gasteiger charge is 2.50. The van der Waals surface area contributed by atoms with E-state index in [1.54, 1.807) is 4.68 Å². The Balaban J connectivity index is 0.772. The highest BCUT2D eigenvalue weighted by atomic mass is 35.5. The number of nitrogens with two attached hydrogens (primary N) is 1. The molecule has 0 bridgehead atoms. The van der Waals surface area contributed by atoms with Crippen molar-refractivity contribution in [2.24, 2.45) is 18.7 Å². The Morgan fingerprint density at radius 2 is 1.69 bits per heavy atom. The molecular weight excluding hydrogens is 918 g/mol. The summed E-state index contributed by atoms with van der Waals surface area (Å²) in [4.78, 5) is 59.3. The van der Waals surface area contributed by atoms with E-state index < -0.39 is 35.1 Å². The van der Waals surface area contributed by atoms with Crippen LogP contribution in [-0.2, 0) is 22.2 Å². The third-order valence-electron chi connectivity index (χ3n) is 15.0. The number of anilines is 1. The van der Waals surface area contributed by atoms with Crippen LogP contribution in [0, 0.1) is 17.6 Å².